The molecule has 1 rings (SSSR count). The summed E-state index contributed by atoms with van der Waals surface area (Å²) in [7, 11) is -1.12. The number of nitrogens with zero attached hydrogens (tertiary/aromatic N) is 1. The Morgan fingerprint density at radius 2 is 1.95 bits per heavy atom. The summed E-state index contributed by atoms with van der Waals surface area (Å²) in [5.41, 5.74) is 0. The summed E-state index contributed by atoms with van der Waals surface area (Å²) in [4.78, 5) is 22.2. The summed E-state index contributed by atoms with van der Waals surface area (Å²) in [5.74, 6) is -2.27. The summed E-state index contributed by atoms with van der Waals surface area (Å²) < 4.78 is 29.3. The van der Waals surface area contributed by atoms with Gasteiger partial charge in [0.15, 0.2) is 5.76 Å². The van der Waals surface area contributed by atoms with E-state index < -0.39 is 27.9 Å². The number of carbonyl (C=O) groups is 2. The van der Waals surface area contributed by atoms with Crippen molar-refractivity contribution in [3.8, 4) is 0 Å². The van der Waals surface area contributed by atoms with Gasteiger partial charge in [0.1, 0.15) is 6.04 Å². The van der Waals surface area contributed by atoms with Crippen LogP contribution in [0.1, 0.15) is 17.5 Å². The van der Waals surface area contributed by atoms with E-state index in [2.05, 4.69) is 5.32 Å². The molecule has 0 bridgehead atoms. The van der Waals surface area contributed by atoms with Crippen molar-refractivity contribution in [2.24, 2.45) is 0 Å². The molecule has 0 radical (unpaired) electrons. The van der Waals surface area contributed by atoms with Gasteiger partial charge in [-0.05, 0) is 19.1 Å². The van der Waals surface area contributed by atoms with Crippen LogP contribution in [0.5, 0.6) is 0 Å². The van der Waals surface area contributed by atoms with Crippen molar-refractivity contribution in [2.75, 3.05) is 14.1 Å². The molecule has 1 amide bonds. The maximum Gasteiger partial charge on any atom is 0.325 e. The maximum atomic E-state index is 11.7. The van der Waals surface area contributed by atoms with Gasteiger partial charge in [-0.15, -0.1) is 0 Å². The van der Waals surface area contributed by atoms with Crippen molar-refractivity contribution in [3.05, 3.63) is 17.9 Å². The van der Waals surface area contributed by atoms with E-state index in [4.69, 9.17) is 9.52 Å². The standard InChI is InChI=1S/C10H14N2O6S/c1-6(10(14)15)11-9(13)7-4-5-8(18-7)19(16,17)12(2)3/h4-6H,1-3H3,(H,11,13)(H,14,15)/t6-/m1/s1. The second kappa shape index (κ2) is 5.41. The number of carboxylic acids is 1. The van der Waals surface area contributed by atoms with E-state index in [1.54, 1.807) is 0 Å². The van der Waals surface area contributed by atoms with Crippen molar-refractivity contribution in [1.82, 2.24) is 9.62 Å². The van der Waals surface area contributed by atoms with Gasteiger partial charge in [-0.3, -0.25) is 9.59 Å². The molecule has 8 nitrogen and oxygen atoms in total. The highest BCUT2D eigenvalue weighted by Gasteiger charge is 2.24. The number of hydrogen-bond acceptors (Lipinski definition) is 5. The molecular weight excluding hydrogens is 276 g/mol. The number of aliphatic carboxylic acids is 1. The van der Waals surface area contributed by atoms with E-state index in [9.17, 15) is 18.0 Å². The summed E-state index contributed by atoms with van der Waals surface area (Å²) >= 11 is 0. The number of carbonyl (C=O) groups excluding carboxylic acids is 1. The average molecular weight is 290 g/mol. The van der Waals surface area contributed by atoms with Crippen molar-refractivity contribution < 1.29 is 27.5 Å². The molecule has 19 heavy (non-hydrogen) atoms. The van der Waals surface area contributed by atoms with Crippen LogP contribution in [0.2, 0.25) is 0 Å². The molecule has 0 saturated heterocycles. The Morgan fingerprint density at radius 3 is 2.42 bits per heavy atom. The third-order valence-corrected chi connectivity index (χ3v) is 3.95. The lowest BCUT2D eigenvalue weighted by molar-refractivity contribution is -0.138. The molecule has 9 heteroatoms. The molecule has 1 heterocycles. The minimum atomic E-state index is -3.76. The number of carboxylic acid groups (broad SMARTS) is 1. The Bertz CT molecular complexity index is 589. The number of sulfonamides is 1. The fourth-order valence-corrected chi connectivity index (χ4v) is 1.89. The monoisotopic (exact) mass is 290 g/mol. The van der Waals surface area contributed by atoms with Crippen LogP contribution in [0.15, 0.2) is 21.6 Å². The van der Waals surface area contributed by atoms with E-state index in [1.807, 2.05) is 0 Å². The van der Waals surface area contributed by atoms with Gasteiger partial charge in [-0.1, -0.05) is 0 Å². The minimum absolute atomic E-state index is 0.270. The number of hydrogen-bond donors (Lipinski definition) is 2. The maximum absolute atomic E-state index is 11.7. The molecule has 0 fully saturated rings. The van der Waals surface area contributed by atoms with Crippen molar-refractivity contribution in [1.29, 1.82) is 0 Å². The van der Waals surface area contributed by atoms with Crippen LogP contribution in [0.25, 0.3) is 0 Å². The van der Waals surface area contributed by atoms with Crippen LogP contribution in [-0.4, -0.2) is 49.8 Å². The third-order valence-electron chi connectivity index (χ3n) is 2.26. The molecule has 106 valence electrons. The molecule has 1 atom stereocenters. The van der Waals surface area contributed by atoms with Gasteiger partial charge in [0.2, 0.25) is 5.09 Å². The van der Waals surface area contributed by atoms with Gasteiger partial charge in [0, 0.05) is 14.1 Å². The molecule has 0 saturated carbocycles. The highest BCUT2D eigenvalue weighted by molar-refractivity contribution is 7.88. The lowest BCUT2D eigenvalue weighted by atomic mass is 10.3. The lowest BCUT2D eigenvalue weighted by Gasteiger charge is -2.08. The molecule has 0 aromatic carbocycles. The van der Waals surface area contributed by atoms with Gasteiger partial charge in [-0.2, -0.15) is 0 Å². The van der Waals surface area contributed by atoms with E-state index in [1.165, 1.54) is 27.1 Å². The number of furan rings is 1. The first kappa shape index (κ1) is 15.2. The van der Waals surface area contributed by atoms with Gasteiger partial charge in [0.05, 0.1) is 0 Å². The van der Waals surface area contributed by atoms with E-state index >= 15 is 0 Å². The number of amides is 1. The summed E-state index contributed by atoms with van der Waals surface area (Å²) in [6, 6.07) is 1.20. The SMILES string of the molecule is C[C@@H](NC(=O)c1ccc(S(=O)(=O)N(C)C)o1)C(=O)O. The molecule has 1 aromatic rings. The Balaban J connectivity index is 2.92. The summed E-state index contributed by atoms with van der Waals surface area (Å²) in [6.45, 7) is 1.28. The molecular formula is C10H14N2O6S. The van der Waals surface area contributed by atoms with Crippen LogP contribution < -0.4 is 5.32 Å². The Hall–Kier alpha value is -1.87. The zero-order chi connectivity index (χ0) is 14.8. The topological polar surface area (TPSA) is 117 Å². The van der Waals surface area contributed by atoms with E-state index in [0.29, 0.717) is 0 Å². The largest absolute Gasteiger partial charge is 0.480 e. The van der Waals surface area contributed by atoms with Crippen molar-refractivity contribution in [3.63, 3.8) is 0 Å². The van der Waals surface area contributed by atoms with Gasteiger partial charge in [-0.25, -0.2) is 12.7 Å². The fraction of sp³-hybridized carbons (Fsp3) is 0.400. The molecule has 1 aromatic heterocycles. The predicted octanol–water partition coefficient (Wildman–Crippen LogP) is -0.267. The zero-order valence-corrected chi connectivity index (χ0v) is 11.4. The van der Waals surface area contributed by atoms with Crippen LogP contribution in [-0.2, 0) is 14.8 Å². The van der Waals surface area contributed by atoms with Gasteiger partial charge >= 0.3 is 5.97 Å². The molecule has 0 unspecified atom stereocenters. The van der Waals surface area contributed by atoms with Crippen LogP contribution in [0.4, 0.5) is 0 Å². The first-order valence-electron chi connectivity index (χ1n) is 5.22. The molecule has 0 aliphatic rings. The van der Waals surface area contributed by atoms with Crippen LogP contribution >= 0.6 is 0 Å². The van der Waals surface area contributed by atoms with Crippen LogP contribution in [0, 0.1) is 0 Å². The van der Waals surface area contributed by atoms with E-state index in [-0.39, 0.29) is 10.9 Å². The average Bonchev–Trinajstić information content (AvgIpc) is 2.78. The quantitative estimate of drug-likeness (QED) is 0.771. The normalized spacial score (nSPS) is 13.3. The second-order valence-electron chi connectivity index (χ2n) is 3.94. The molecule has 2 N–H and O–H groups in total. The van der Waals surface area contributed by atoms with E-state index in [0.717, 1.165) is 10.4 Å². The molecule has 0 aliphatic carbocycles. The molecule has 0 spiro atoms. The first-order valence-corrected chi connectivity index (χ1v) is 6.66. The van der Waals surface area contributed by atoms with Crippen molar-refractivity contribution >= 4 is 21.9 Å². The Kier molecular flexibility index (Phi) is 4.32. The smallest absolute Gasteiger partial charge is 0.325 e. The number of rotatable bonds is 5. The predicted molar refractivity (Wildman–Crippen MR) is 64.1 cm³/mol. The van der Waals surface area contributed by atoms with Gasteiger partial charge < -0.3 is 14.8 Å². The summed E-state index contributed by atoms with van der Waals surface area (Å²) in [6.07, 6.45) is 0. The van der Waals surface area contributed by atoms with Crippen LogP contribution in [0.3, 0.4) is 0 Å². The highest BCUT2D eigenvalue weighted by Crippen LogP contribution is 2.16. The third kappa shape index (κ3) is 3.32. The van der Waals surface area contributed by atoms with Gasteiger partial charge in [0.25, 0.3) is 15.9 Å². The molecule has 0 aliphatic heterocycles. The first-order chi connectivity index (χ1) is 8.66. The highest BCUT2D eigenvalue weighted by atomic mass is 32.2. The second-order valence-corrected chi connectivity index (χ2v) is 6.02. The lowest BCUT2D eigenvalue weighted by Crippen LogP contribution is -2.38. The fourth-order valence-electron chi connectivity index (χ4n) is 1.09. The summed E-state index contributed by atoms with van der Waals surface area (Å²) in [5, 5.41) is 10.4. The Labute approximate surface area is 110 Å². The zero-order valence-electron chi connectivity index (χ0n) is 10.6. The number of nitrogens with one attached hydrogen (secondary N) is 1. The minimum Gasteiger partial charge on any atom is -0.480 e. The Morgan fingerprint density at radius 1 is 1.37 bits per heavy atom. The van der Waals surface area contributed by atoms with Crippen molar-refractivity contribution in [2.45, 2.75) is 18.1 Å².